The van der Waals surface area contributed by atoms with Gasteiger partial charge in [0.1, 0.15) is 0 Å². The fraction of sp³-hybridized carbons (Fsp3) is 0.333. The van der Waals surface area contributed by atoms with Crippen molar-refractivity contribution in [2.24, 2.45) is 0 Å². The summed E-state index contributed by atoms with van der Waals surface area (Å²) in [5, 5.41) is 14.2. The van der Waals surface area contributed by atoms with Gasteiger partial charge < -0.3 is 15.7 Å². The molecule has 0 heterocycles. The van der Waals surface area contributed by atoms with Gasteiger partial charge in [-0.2, -0.15) is 11.8 Å². The van der Waals surface area contributed by atoms with E-state index in [0.717, 1.165) is 17.1 Å². The maximum absolute atomic E-state index is 11.7. The summed E-state index contributed by atoms with van der Waals surface area (Å²) in [6.45, 7) is 4.21. The molecule has 0 unspecified atom stereocenters. The highest BCUT2D eigenvalue weighted by atomic mass is 32.2. The second-order valence-electron chi connectivity index (χ2n) is 4.34. The number of anilines is 1. The van der Waals surface area contributed by atoms with Crippen LogP contribution in [0.2, 0.25) is 0 Å². The summed E-state index contributed by atoms with van der Waals surface area (Å²) in [5.74, 6) is 0.871. The number of hydrogen-bond acceptors (Lipinski definition) is 3. The maximum Gasteiger partial charge on any atom is 0.319 e. The zero-order valence-corrected chi connectivity index (χ0v) is 12.6. The van der Waals surface area contributed by atoms with Gasteiger partial charge in [0.15, 0.2) is 0 Å². The van der Waals surface area contributed by atoms with Crippen LogP contribution < -0.4 is 10.6 Å². The van der Waals surface area contributed by atoms with Crippen LogP contribution in [0, 0.1) is 0 Å². The molecule has 21 heavy (non-hydrogen) atoms. The highest BCUT2D eigenvalue weighted by molar-refractivity contribution is 7.99. The molecule has 0 aliphatic carbocycles. The molecule has 0 aliphatic heterocycles. The van der Waals surface area contributed by atoms with Gasteiger partial charge >= 0.3 is 12.0 Å². The number of carboxylic acid groups (broad SMARTS) is 1. The van der Waals surface area contributed by atoms with E-state index >= 15 is 0 Å². The first-order valence-electron chi connectivity index (χ1n) is 6.66. The first-order chi connectivity index (χ1) is 10.1. The van der Waals surface area contributed by atoms with Gasteiger partial charge in [0.05, 0.1) is 0 Å². The smallest absolute Gasteiger partial charge is 0.319 e. The molecule has 3 N–H and O–H groups in total. The van der Waals surface area contributed by atoms with E-state index in [-0.39, 0.29) is 12.5 Å². The zero-order valence-electron chi connectivity index (χ0n) is 11.8. The zero-order chi connectivity index (χ0) is 15.5. The molecule has 0 spiro atoms. The lowest BCUT2D eigenvalue weighted by molar-refractivity contribution is -0.136. The Morgan fingerprint density at radius 1 is 1.38 bits per heavy atom. The Labute approximate surface area is 128 Å². The van der Waals surface area contributed by atoms with Crippen molar-refractivity contribution >= 4 is 29.4 Å². The fourth-order valence-electron chi connectivity index (χ4n) is 1.63. The Morgan fingerprint density at radius 2 is 2.19 bits per heavy atom. The summed E-state index contributed by atoms with van der Waals surface area (Å²) in [5.41, 5.74) is 1.55. The SMILES string of the molecule is C=CCSCCNC(=O)Nc1cccc(CCC(=O)O)c1. The normalized spacial score (nSPS) is 9.90. The van der Waals surface area contributed by atoms with Crippen molar-refractivity contribution in [3.8, 4) is 0 Å². The number of rotatable bonds is 9. The van der Waals surface area contributed by atoms with Gasteiger partial charge in [-0.25, -0.2) is 4.79 Å². The third-order valence-corrected chi connectivity index (χ3v) is 3.54. The average Bonchev–Trinajstić information content (AvgIpc) is 2.45. The molecule has 0 aliphatic rings. The molecule has 1 aromatic carbocycles. The Kier molecular flexibility index (Phi) is 8.04. The van der Waals surface area contributed by atoms with Crippen LogP contribution in [0.5, 0.6) is 0 Å². The molecule has 5 nitrogen and oxygen atoms in total. The number of urea groups is 1. The van der Waals surface area contributed by atoms with Crippen LogP contribution >= 0.6 is 11.8 Å². The molecule has 0 saturated heterocycles. The summed E-state index contributed by atoms with van der Waals surface area (Å²) in [7, 11) is 0. The van der Waals surface area contributed by atoms with Crippen LogP contribution in [-0.4, -0.2) is 35.2 Å². The number of benzene rings is 1. The van der Waals surface area contributed by atoms with Crippen LogP contribution in [0.1, 0.15) is 12.0 Å². The van der Waals surface area contributed by atoms with Crippen LogP contribution in [0.25, 0.3) is 0 Å². The van der Waals surface area contributed by atoms with Gasteiger partial charge in [-0.3, -0.25) is 4.79 Å². The number of carbonyl (C=O) groups excluding carboxylic acids is 1. The van der Waals surface area contributed by atoms with E-state index in [9.17, 15) is 9.59 Å². The number of aliphatic carboxylic acids is 1. The monoisotopic (exact) mass is 308 g/mol. The van der Waals surface area contributed by atoms with Gasteiger partial charge in [0.2, 0.25) is 0 Å². The molecule has 0 atom stereocenters. The third kappa shape index (κ3) is 8.04. The molecule has 0 fully saturated rings. The summed E-state index contributed by atoms with van der Waals surface area (Å²) in [6, 6.07) is 6.94. The van der Waals surface area contributed by atoms with Crippen molar-refractivity contribution < 1.29 is 14.7 Å². The number of hydrogen-bond donors (Lipinski definition) is 3. The Balaban J connectivity index is 2.36. The van der Waals surface area contributed by atoms with E-state index in [1.165, 1.54) is 0 Å². The van der Waals surface area contributed by atoms with Gasteiger partial charge in [-0.1, -0.05) is 18.2 Å². The van der Waals surface area contributed by atoms with E-state index in [0.29, 0.717) is 18.7 Å². The van der Waals surface area contributed by atoms with Crippen molar-refractivity contribution in [2.45, 2.75) is 12.8 Å². The van der Waals surface area contributed by atoms with E-state index in [4.69, 9.17) is 5.11 Å². The number of aryl methyl sites for hydroxylation is 1. The fourth-order valence-corrected chi connectivity index (χ4v) is 2.21. The van der Waals surface area contributed by atoms with E-state index in [1.54, 1.807) is 30.0 Å². The third-order valence-electron chi connectivity index (χ3n) is 2.58. The predicted molar refractivity (Wildman–Crippen MR) is 86.9 cm³/mol. The van der Waals surface area contributed by atoms with E-state index in [1.807, 2.05) is 12.1 Å². The van der Waals surface area contributed by atoms with Crippen LogP contribution in [-0.2, 0) is 11.2 Å². The standard InChI is InChI=1S/C15H20N2O3S/c1-2-9-21-10-8-16-15(20)17-13-5-3-4-12(11-13)6-7-14(18)19/h2-5,11H,1,6-10H2,(H,18,19)(H2,16,17,20). The van der Waals surface area contributed by atoms with Crippen LogP contribution in [0.4, 0.5) is 10.5 Å². The minimum absolute atomic E-state index is 0.0795. The first kappa shape index (κ1) is 17.1. The van der Waals surface area contributed by atoms with Crippen molar-refractivity contribution in [2.75, 3.05) is 23.4 Å². The highest BCUT2D eigenvalue weighted by Crippen LogP contribution is 2.12. The predicted octanol–water partition coefficient (Wildman–Crippen LogP) is 2.74. The summed E-state index contributed by atoms with van der Waals surface area (Å²) >= 11 is 1.70. The van der Waals surface area contributed by atoms with Crippen molar-refractivity contribution in [3.05, 3.63) is 42.5 Å². The van der Waals surface area contributed by atoms with Crippen LogP contribution in [0.3, 0.4) is 0 Å². The molecule has 0 bridgehead atoms. The number of carboxylic acids is 1. The maximum atomic E-state index is 11.7. The molecular weight excluding hydrogens is 288 g/mol. The summed E-state index contributed by atoms with van der Waals surface area (Å²) < 4.78 is 0. The molecule has 114 valence electrons. The first-order valence-corrected chi connectivity index (χ1v) is 7.81. The molecule has 0 aromatic heterocycles. The molecule has 0 saturated carbocycles. The molecule has 1 aromatic rings. The lowest BCUT2D eigenvalue weighted by Gasteiger charge is -2.08. The largest absolute Gasteiger partial charge is 0.481 e. The lowest BCUT2D eigenvalue weighted by atomic mass is 10.1. The number of amides is 2. The molecule has 6 heteroatoms. The van der Waals surface area contributed by atoms with E-state index in [2.05, 4.69) is 17.2 Å². The topological polar surface area (TPSA) is 78.4 Å². The summed E-state index contributed by atoms with van der Waals surface area (Å²) in [6.07, 6.45) is 2.36. The Hall–Kier alpha value is -1.95. The average molecular weight is 308 g/mol. The molecule has 1 rings (SSSR count). The van der Waals surface area contributed by atoms with Crippen molar-refractivity contribution in [1.29, 1.82) is 0 Å². The molecule has 0 radical (unpaired) electrons. The van der Waals surface area contributed by atoms with E-state index < -0.39 is 5.97 Å². The minimum Gasteiger partial charge on any atom is -0.481 e. The number of carbonyl (C=O) groups is 2. The van der Waals surface area contributed by atoms with Crippen molar-refractivity contribution in [3.63, 3.8) is 0 Å². The quantitative estimate of drug-likeness (QED) is 0.484. The van der Waals surface area contributed by atoms with Gasteiger partial charge in [0, 0.05) is 30.2 Å². The second kappa shape index (κ2) is 9.88. The van der Waals surface area contributed by atoms with Crippen molar-refractivity contribution in [1.82, 2.24) is 5.32 Å². The van der Waals surface area contributed by atoms with Gasteiger partial charge in [-0.15, -0.1) is 6.58 Å². The Morgan fingerprint density at radius 3 is 2.90 bits per heavy atom. The second-order valence-corrected chi connectivity index (χ2v) is 5.49. The highest BCUT2D eigenvalue weighted by Gasteiger charge is 2.03. The molecular formula is C15H20N2O3S. The van der Waals surface area contributed by atoms with Crippen LogP contribution in [0.15, 0.2) is 36.9 Å². The van der Waals surface area contributed by atoms with Gasteiger partial charge in [0.25, 0.3) is 0 Å². The minimum atomic E-state index is -0.830. The number of nitrogens with one attached hydrogen (secondary N) is 2. The lowest BCUT2D eigenvalue weighted by Crippen LogP contribution is -2.30. The van der Waals surface area contributed by atoms with Gasteiger partial charge in [-0.05, 0) is 24.1 Å². The molecule has 2 amide bonds. The summed E-state index contributed by atoms with van der Waals surface area (Å²) in [4.78, 5) is 22.2. The Bertz CT molecular complexity index is 492. The number of thioether (sulfide) groups is 1.